The van der Waals surface area contributed by atoms with Crippen molar-refractivity contribution in [1.29, 1.82) is 0 Å². The van der Waals surface area contributed by atoms with Crippen LogP contribution >= 0.6 is 0 Å². The van der Waals surface area contributed by atoms with Gasteiger partial charge in [-0.15, -0.1) is 0 Å². The number of anilines is 1. The van der Waals surface area contributed by atoms with Crippen LogP contribution in [0.4, 0.5) is 10.1 Å². The number of halogens is 1. The van der Waals surface area contributed by atoms with Gasteiger partial charge in [-0.2, -0.15) is 0 Å². The first-order valence-corrected chi connectivity index (χ1v) is 9.67. The van der Waals surface area contributed by atoms with Crippen LogP contribution in [0.1, 0.15) is 39.7 Å². The highest BCUT2D eigenvalue weighted by molar-refractivity contribution is 7.92. The maximum absolute atomic E-state index is 13.0. The Kier molecular flexibility index (Phi) is 5.72. The van der Waals surface area contributed by atoms with Crippen molar-refractivity contribution in [3.05, 3.63) is 53.8 Å². The predicted octanol–water partition coefficient (Wildman–Crippen LogP) is 4.71. The van der Waals surface area contributed by atoms with Gasteiger partial charge in [0.05, 0.1) is 6.61 Å². The van der Waals surface area contributed by atoms with Crippen molar-refractivity contribution in [3.63, 3.8) is 0 Å². The van der Waals surface area contributed by atoms with E-state index in [2.05, 4.69) is 4.72 Å². The van der Waals surface area contributed by atoms with Gasteiger partial charge in [-0.3, -0.25) is 4.72 Å². The van der Waals surface area contributed by atoms with E-state index in [0.29, 0.717) is 18.0 Å². The molecule has 0 amide bonds. The van der Waals surface area contributed by atoms with E-state index in [1.807, 2.05) is 33.8 Å². The molecular weight excluding hydrogens is 341 g/mol. The van der Waals surface area contributed by atoms with Crippen LogP contribution in [0.25, 0.3) is 0 Å². The molecule has 1 N–H and O–H groups in total. The number of sulfonamides is 1. The van der Waals surface area contributed by atoms with Crippen LogP contribution in [0.2, 0.25) is 0 Å². The Morgan fingerprint density at radius 3 is 2.28 bits per heavy atom. The number of hydrogen-bond acceptors (Lipinski definition) is 3. The van der Waals surface area contributed by atoms with Gasteiger partial charge in [0.25, 0.3) is 10.0 Å². The summed E-state index contributed by atoms with van der Waals surface area (Å²) in [5.41, 5.74) is 0.975. The maximum atomic E-state index is 13.0. The third-order valence-corrected chi connectivity index (χ3v) is 5.06. The van der Waals surface area contributed by atoms with Gasteiger partial charge in [0.15, 0.2) is 0 Å². The SMILES string of the molecule is CCCOc1ccc(C(C)(C)C)cc1S(=O)(=O)Nc1ccc(F)cc1. The van der Waals surface area contributed by atoms with Crippen LogP contribution in [0, 0.1) is 5.82 Å². The van der Waals surface area contributed by atoms with Crippen LogP contribution in [0.15, 0.2) is 47.4 Å². The van der Waals surface area contributed by atoms with Gasteiger partial charge in [-0.1, -0.05) is 33.8 Å². The Morgan fingerprint density at radius 2 is 1.72 bits per heavy atom. The monoisotopic (exact) mass is 365 g/mol. The summed E-state index contributed by atoms with van der Waals surface area (Å²) in [7, 11) is -3.87. The van der Waals surface area contributed by atoms with Crippen LogP contribution in [0.3, 0.4) is 0 Å². The topological polar surface area (TPSA) is 55.4 Å². The molecule has 2 aromatic rings. The molecule has 0 aliphatic carbocycles. The number of hydrogen-bond donors (Lipinski definition) is 1. The van der Waals surface area contributed by atoms with Crippen molar-refractivity contribution < 1.29 is 17.5 Å². The smallest absolute Gasteiger partial charge is 0.265 e. The van der Waals surface area contributed by atoms with Crippen molar-refractivity contribution >= 4 is 15.7 Å². The molecular formula is C19H24FNO3S. The first kappa shape index (κ1) is 19.2. The van der Waals surface area contributed by atoms with Crippen LogP contribution < -0.4 is 9.46 Å². The lowest BCUT2D eigenvalue weighted by Crippen LogP contribution is -2.17. The minimum atomic E-state index is -3.87. The second kappa shape index (κ2) is 7.44. The van der Waals surface area contributed by atoms with Gasteiger partial charge in [0.1, 0.15) is 16.5 Å². The van der Waals surface area contributed by atoms with E-state index in [0.717, 1.165) is 12.0 Å². The van der Waals surface area contributed by atoms with Gasteiger partial charge in [0.2, 0.25) is 0 Å². The van der Waals surface area contributed by atoms with Gasteiger partial charge < -0.3 is 4.74 Å². The molecule has 2 rings (SSSR count). The summed E-state index contributed by atoms with van der Waals surface area (Å²) in [6.45, 7) is 8.42. The zero-order chi connectivity index (χ0) is 18.7. The molecule has 0 spiro atoms. The largest absolute Gasteiger partial charge is 0.492 e. The van der Waals surface area contributed by atoms with Crippen molar-refractivity contribution in [3.8, 4) is 5.75 Å². The Balaban J connectivity index is 2.46. The number of ether oxygens (including phenoxy) is 1. The Labute approximate surface area is 149 Å². The first-order valence-electron chi connectivity index (χ1n) is 8.19. The van der Waals surface area contributed by atoms with E-state index in [-0.39, 0.29) is 10.3 Å². The highest BCUT2D eigenvalue weighted by Gasteiger charge is 2.24. The molecule has 136 valence electrons. The Hall–Kier alpha value is -2.08. The lowest BCUT2D eigenvalue weighted by Gasteiger charge is -2.21. The fourth-order valence-corrected chi connectivity index (χ4v) is 3.47. The number of nitrogens with one attached hydrogen (secondary N) is 1. The van der Waals surface area contributed by atoms with Gasteiger partial charge in [-0.25, -0.2) is 12.8 Å². The van der Waals surface area contributed by atoms with E-state index >= 15 is 0 Å². The third-order valence-electron chi connectivity index (χ3n) is 3.66. The fraction of sp³-hybridized carbons (Fsp3) is 0.368. The summed E-state index contributed by atoms with van der Waals surface area (Å²) < 4.78 is 46.9. The molecule has 4 nitrogen and oxygen atoms in total. The number of benzene rings is 2. The average molecular weight is 365 g/mol. The van der Waals surface area contributed by atoms with E-state index in [1.165, 1.54) is 24.3 Å². The molecule has 0 unspecified atom stereocenters. The molecule has 2 aromatic carbocycles. The molecule has 6 heteroatoms. The van der Waals surface area contributed by atoms with E-state index in [4.69, 9.17) is 4.74 Å². The highest BCUT2D eigenvalue weighted by Crippen LogP contribution is 2.32. The first-order chi connectivity index (χ1) is 11.6. The standard InChI is InChI=1S/C19H24FNO3S/c1-5-12-24-17-11-6-14(19(2,3)4)13-18(17)25(22,23)21-16-9-7-15(20)8-10-16/h6-11,13,21H,5,12H2,1-4H3. The second-order valence-corrected chi connectivity index (χ2v) is 8.52. The Bertz CT molecular complexity index is 825. The fourth-order valence-electron chi connectivity index (χ4n) is 2.24. The zero-order valence-electron chi connectivity index (χ0n) is 15.0. The molecule has 25 heavy (non-hydrogen) atoms. The van der Waals surface area contributed by atoms with Gasteiger partial charge in [0, 0.05) is 5.69 Å². The molecule has 0 bridgehead atoms. The predicted molar refractivity (Wildman–Crippen MR) is 98.1 cm³/mol. The van der Waals surface area contributed by atoms with Gasteiger partial charge >= 0.3 is 0 Å². The minimum Gasteiger partial charge on any atom is -0.492 e. The summed E-state index contributed by atoms with van der Waals surface area (Å²) >= 11 is 0. The van der Waals surface area contributed by atoms with Gasteiger partial charge in [-0.05, 0) is 53.8 Å². The van der Waals surface area contributed by atoms with Crippen molar-refractivity contribution in [2.75, 3.05) is 11.3 Å². The highest BCUT2D eigenvalue weighted by atomic mass is 32.2. The lowest BCUT2D eigenvalue weighted by atomic mass is 9.87. The third kappa shape index (κ3) is 4.95. The Morgan fingerprint density at radius 1 is 1.08 bits per heavy atom. The molecule has 0 heterocycles. The van der Waals surface area contributed by atoms with Crippen molar-refractivity contribution in [1.82, 2.24) is 0 Å². The van der Waals surface area contributed by atoms with Crippen molar-refractivity contribution in [2.24, 2.45) is 0 Å². The zero-order valence-corrected chi connectivity index (χ0v) is 15.8. The number of rotatable bonds is 6. The molecule has 0 aromatic heterocycles. The summed E-state index contributed by atoms with van der Waals surface area (Å²) in [5.74, 6) is -0.117. The quantitative estimate of drug-likeness (QED) is 0.806. The second-order valence-electron chi connectivity index (χ2n) is 6.87. The summed E-state index contributed by atoms with van der Waals surface area (Å²) in [4.78, 5) is 0.0812. The van der Waals surface area contributed by atoms with E-state index in [9.17, 15) is 12.8 Å². The summed E-state index contributed by atoms with van der Waals surface area (Å²) in [6, 6.07) is 10.4. The van der Waals surface area contributed by atoms with E-state index < -0.39 is 15.8 Å². The normalized spacial score (nSPS) is 12.0. The maximum Gasteiger partial charge on any atom is 0.265 e. The summed E-state index contributed by atoms with van der Waals surface area (Å²) in [5, 5.41) is 0. The molecule has 0 aliphatic rings. The molecule has 0 aliphatic heterocycles. The minimum absolute atomic E-state index is 0.0812. The molecule has 0 saturated heterocycles. The average Bonchev–Trinajstić information content (AvgIpc) is 2.54. The molecule has 0 radical (unpaired) electrons. The van der Waals surface area contributed by atoms with E-state index in [1.54, 1.807) is 12.1 Å². The lowest BCUT2D eigenvalue weighted by molar-refractivity contribution is 0.309. The van der Waals surface area contributed by atoms with Crippen molar-refractivity contribution in [2.45, 2.75) is 44.4 Å². The molecule has 0 saturated carbocycles. The van der Waals surface area contributed by atoms with Crippen LogP contribution in [-0.4, -0.2) is 15.0 Å². The van der Waals surface area contributed by atoms with Crippen LogP contribution in [-0.2, 0) is 15.4 Å². The molecule has 0 atom stereocenters. The van der Waals surface area contributed by atoms with Crippen LogP contribution in [0.5, 0.6) is 5.75 Å². The molecule has 0 fully saturated rings. The summed E-state index contributed by atoms with van der Waals surface area (Å²) in [6.07, 6.45) is 0.770.